The van der Waals surface area contributed by atoms with E-state index in [4.69, 9.17) is 4.74 Å². The van der Waals surface area contributed by atoms with Crippen LogP contribution in [0.5, 0.6) is 0 Å². The smallest absolute Gasteiger partial charge is 0.223 e. The molecule has 0 spiro atoms. The van der Waals surface area contributed by atoms with Crippen LogP contribution in [-0.4, -0.2) is 50.2 Å². The molecule has 0 unspecified atom stereocenters. The maximum atomic E-state index is 12.9. The van der Waals surface area contributed by atoms with E-state index in [9.17, 15) is 9.18 Å². The summed E-state index contributed by atoms with van der Waals surface area (Å²) >= 11 is 0. The van der Waals surface area contributed by atoms with Gasteiger partial charge in [-0.05, 0) is 24.3 Å². The predicted octanol–water partition coefficient (Wildman–Crippen LogP) is 1.51. The summed E-state index contributed by atoms with van der Waals surface area (Å²) in [4.78, 5) is 16.2. The summed E-state index contributed by atoms with van der Waals surface area (Å²) in [5, 5.41) is 0. The summed E-state index contributed by atoms with van der Waals surface area (Å²) in [6.45, 7) is 4.53. The van der Waals surface area contributed by atoms with Crippen LogP contribution in [0.2, 0.25) is 0 Å². The Labute approximate surface area is 118 Å². The monoisotopic (exact) mass is 278 g/mol. The molecular formula is C15H19FN2O2. The molecule has 0 aromatic heterocycles. The standard InChI is InChI=1S/C15H19FN2O2/c16-13-1-3-14(4-2-13)17-5-7-18(8-6-17)15(19)9-12-10-20-11-12/h1-4,12H,5-11H2. The van der Waals surface area contributed by atoms with Gasteiger partial charge in [-0.2, -0.15) is 0 Å². The third-order valence-electron chi connectivity index (χ3n) is 3.99. The molecule has 2 aliphatic heterocycles. The number of nitrogens with zero attached hydrogens (tertiary/aromatic N) is 2. The Kier molecular flexibility index (Phi) is 3.87. The van der Waals surface area contributed by atoms with Gasteiger partial charge in [0.25, 0.3) is 0 Å². The van der Waals surface area contributed by atoms with Gasteiger partial charge in [0.2, 0.25) is 5.91 Å². The summed E-state index contributed by atoms with van der Waals surface area (Å²) in [5.74, 6) is 0.431. The number of ether oxygens (including phenoxy) is 1. The van der Waals surface area contributed by atoms with Crippen molar-refractivity contribution in [1.29, 1.82) is 0 Å². The zero-order valence-electron chi connectivity index (χ0n) is 11.4. The third-order valence-corrected chi connectivity index (χ3v) is 3.99. The van der Waals surface area contributed by atoms with Gasteiger partial charge in [0, 0.05) is 44.2 Å². The fraction of sp³-hybridized carbons (Fsp3) is 0.533. The fourth-order valence-corrected chi connectivity index (χ4v) is 2.64. The first-order valence-electron chi connectivity index (χ1n) is 7.08. The Morgan fingerprint density at radius 1 is 1.15 bits per heavy atom. The van der Waals surface area contributed by atoms with Gasteiger partial charge in [-0.1, -0.05) is 0 Å². The first-order valence-corrected chi connectivity index (χ1v) is 7.08. The molecule has 2 aliphatic rings. The second-order valence-corrected chi connectivity index (χ2v) is 5.45. The van der Waals surface area contributed by atoms with E-state index in [1.165, 1.54) is 12.1 Å². The van der Waals surface area contributed by atoms with Crippen molar-refractivity contribution in [2.75, 3.05) is 44.3 Å². The molecule has 108 valence electrons. The second-order valence-electron chi connectivity index (χ2n) is 5.45. The molecule has 0 atom stereocenters. The van der Waals surface area contributed by atoms with Crippen LogP contribution in [0, 0.1) is 11.7 Å². The largest absolute Gasteiger partial charge is 0.381 e. The molecule has 4 nitrogen and oxygen atoms in total. The molecule has 1 aromatic carbocycles. The van der Waals surface area contributed by atoms with Crippen molar-refractivity contribution >= 4 is 11.6 Å². The van der Waals surface area contributed by atoms with Gasteiger partial charge < -0.3 is 14.5 Å². The molecule has 0 radical (unpaired) electrons. The number of halogens is 1. The topological polar surface area (TPSA) is 32.8 Å². The number of carbonyl (C=O) groups is 1. The third kappa shape index (κ3) is 2.93. The second kappa shape index (κ2) is 5.79. The molecule has 3 rings (SSSR count). The van der Waals surface area contributed by atoms with Crippen LogP contribution in [0.15, 0.2) is 24.3 Å². The Morgan fingerprint density at radius 2 is 1.80 bits per heavy atom. The van der Waals surface area contributed by atoms with Crippen molar-refractivity contribution in [2.45, 2.75) is 6.42 Å². The number of amides is 1. The molecule has 0 saturated carbocycles. The zero-order chi connectivity index (χ0) is 13.9. The molecule has 0 N–H and O–H groups in total. The lowest BCUT2D eigenvalue weighted by atomic mass is 10.0. The van der Waals surface area contributed by atoms with Crippen molar-refractivity contribution in [3.63, 3.8) is 0 Å². The Bertz CT molecular complexity index is 465. The van der Waals surface area contributed by atoms with Crippen molar-refractivity contribution < 1.29 is 13.9 Å². The minimum atomic E-state index is -0.217. The van der Waals surface area contributed by atoms with Crippen molar-refractivity contribution in [2.24, 2.45) is 5.92 Å². The van der Waals surface area contributed by atoms with Crippen LogP contribution in [0.4, 0.5) is 10.1 Å². The number of hydrogen-bond donors (Lipinski definition) is 0. The normalized spacial score (nSPS) is 19.9. The lowest BCUT2D eigenvalue weighted by molar-refractivity contribution is -0.136. The minimum absolute atomic E-state index is 0.217. The maximum Gasteiger partial charge on any atom is 0.223 e. The highest BCUT2D eigenvalue weighted by molar-refractivity contribution is 5.77. The van der Waals surface area contributed by atoms with E-state index >= 15 is 0 Å². The molecule has 1 aromatic rings. The van der Waals surface area contributed by atoms with Gasteiger partial charge in [-0.3, -0.25) is 4.79 Å². The maximum absolute atomic E-state index is 12.9. The predicted molar refractivity (Wildman–Crippen MR) is 74.1 cm³/mol. The number of anilines is 1. The number of benzene rings is 1. The van der Waals surface area contributed by atoms with Crippen molar-refractivity contribution in [3.8, 4) is 0 Å². The Morgan fingerprint density at radius 3 is 2.35 bits per heavy atom. The van der Waals surface area contributed by atoms with Gasteiger partial charge in [0.15, 0.2) is 0 Å². The lowest BCUT2D eigenvalue weighted by Gasteiger charge is -2.37. The van der Waals surface area contributed by atoms with E-state index in [1.54, 1.807) is 12.1 Å². The molecule has 2 fully saturated rings. The SMILES string of the molecule is O=C(CC1COC1)N1CCN(c2ccc(F)cc2)CC1. The summed E-state index contributed by atoms with van der Waals surface area (Å²) < 4.78 is 18.0. The van der Waals surface area contributed by atoms with Gasteiger partial charge in [-0.15, -0.1) is 0 Å². The van der Waals surface area contributed by atoms with Crippen LogP contribution in [-0.2, 0) is 9.53 Å². The number of piperazine rings is 1. The molecule has 20 heavy (non-hydrogen) atoms. The summed E-state index contributed by atoms with van der Waals surface area (Å²) in [5.41, 5.74) is 1.02. The van der Waals surface area contributed by atoms with Crippen LogP contribution in [0.3, 0.4) is 0 Å². The molecule has 0 aliphatic carbocycles. The number of carbonyl (C=O) groups excluding carboxylic acids is 1. The van der Waals surface area contributed by atoms with E-state index in [2.05, 4.69) is 4.90 Å². The zero-order valence-corrected chi connectivity index (χ0v) is 11.4. The van der Waals surface area contributed by atoms with Gasteiger partial charge in [0.1, 0.15) is 5.82 Å². The first kappa shape index (κ1) is 13.4. The minimum Gasteiger partial charge on any atom is -0.381 e. The highest BCUT2D eigenvalue weighted by atomic mass is 19.1. The highest BCUT2D eigenvalue weighted by Crippen LogP contribution is 2.19. The van der Waals surface area contributed by atoms with E-state index in [0.717, 1.165) is 45.1 Å². The molecule has 5 heteroatoms. The number of rotatable bonds is 3. The van der Waals surface area contributed by atoms with Crippen molar-refractivity contribution in [1.82, 2.24) is 4.90 Å². The molecule has 1 amide bonds. The summed E-state index contributed by atoms with van der Waals surface area (Å²) in [6.07, 6.45) is 0.608. The summed E-state index contributed by atoms with van der Waals surface area (Å²) in [7, 11) is 0. The van der Waals surface area contributed by atoms with E-state index in [0.29, 0.717) is 12.3 Å². The molecule has 0 bridgehead atoms. The number of hydrogen-bond acceptors (Lipinski definition) is 3. The average molecular weight is 278 g/mol. The molecular weight excluding hydrogens is 259 g/mol. The fourth-order valence-electron chi connectivity index (χ4n) is 2.64. The van der Waals surface area contributed by atoms with Crippen LogP contribution in [0.1, 0.15) is 6.42 Å². The van der Waals surface area contributed by atoms with Crippen molar-refractivity contribution in [3.05, 3.63) is 30.1 Å². The highest BCUT2D eigenvalue weighted by Gasteiger charge is 2.26. The first-order chi connectivity index (χ1) is 9.72. The van der Waals surface area contributed by atoms with E-state index in [1.807, 2.05) is 4.90 Å². The van der Waals surface area contributed by atoms with Gasteiger partial charge in [-0.25, -0.2) is 4.39 Å². The average Bonchev–Trinajstić information content (AvgIpc) is 2.44. The Balaban J connectivity index is 1.51. The van der Waals surface area contributed by atoms with Crippen LogP contribution >= 0.6 is 0 Å². The van der Waals surface area contributed by atoms with Gasteiger partial charge >= 0.3 is 0 Å². The lowest BCUT2D eigenvalue weighted by Crippen LogP contribution is -2.49. The summed E-state index contributed by atoms with van der Waals surface area (Å²) in [6, 6.07) is 6.53. The van der Waals surface area contributed by atoms with E-state index < -0.39 is 0 Å². The Hall–Kier alpha value is -1.62. The molecule has 2 saturated heterocycles. The van der Waals surface area contributed by atoms with Crippen LogP contribution < -0.4 is 4.90 Å². The van der Waals surface area contributed by atoms with Crippen LogP contribution in [0.25, 0.3) is 0 Å². The van der Waals surface area contributed by atoms with Gasteiger partial charge in [0.05, 0.1) is 13.2 Å². The van der Waals surface area contributed by atoms with E-state index in [-0.39, 0.29) is 11.7 Å². The quantitative estimate of drug-likeness (QED) is 0.840. The molecule has 2 heterocycles.